The van der Waals surface area contributed by atoms with Crippen molar-refractivity contribution in [2.45, 2.75) is 45.8 Å². The van der Waals surface area contributed by atoms with E-state index in [1.807, 2.05) is 27.7 Å². The van der Waals surface area contributed by atoms with E-state index in [9.17, 15) is 4.79 Å². The van der Waals surface area contributed by atoms with Gasteiger partial charge in [-0.25, -0.2) is 4.79 Å². The lowest BCUT2D eigenvalue weighted by atomic mass is 10.0. The zero-order chi connectivity index (χ0) is 10.5. The number of rotatable bonds is 4. The van der Waals surface area contributed by atoms with Gasteiger partial charge in [-0.15, -0.1) is 0 Å². The molecule has 0 aliphatic heterocycles. The highest BCUT2D eigenvalue weighted by atomic mass is 16.6. The van der Waals surface area contributed by atoms with E-state index in [0.29, 0.717) is 6.54 Å². The molecule has 4 heteroatoms. The van der Waals surface area contributed by atoms with Crippen LogP contribution in [-0.2, 0) is 4.74 Å². The summed E-state index contributed by atoms with van der Waals surface area (Å²) in [5, 5.41) is 2.75. The molecular weight excluding hydrogens is 168 g/mol. The first kappa shape index (κ1) is 12.2. The maximum absolute atomic E-state index is 11.2. The molecule has 0 aromatic heterocycles. The van der Waals surface area contributed by atoms with E-state index in [0.717, 1.165) is 6.42 Å². The van der Waals surface area contributed by atoms with E-state index in [1.54, 1.807) is 0 Å². The van der Waals surface area contributed by atoms with Gasteiger partial charge < -0.3 is 15.8 Å². The average Bonchev–Trinajstić information content (AvgIpc) is 1.81. The number of alkyl carbamates (subject to hydrolysis) is 1. The smallest absolute Gasteiger partial charge is 0.407 e. The van der Waals surface area contributed by atoms with E-state index >= 15 is 0 Å². The molecular formula is C9H20N2O2. The largest absolute Gasteiger partial charge is 0.447 e. The van der Waals surface area contributed by atoms with Crippen molar-refractivity contribution >= 4 is 6.09 Å². The lowest BCUT2D eigenvalue weighted by molar-refractivity contribution is 0.106. The van der Waals surface area contributed by atoms with Crippen molar-refractivity contribution in [2.75, 3.05) is 6.54 Å². The second-order valence-corrected chi connectivity index (χ2v) is 4.00. The highest BCUT2D eigenvalue weighted by molar-refractivity contribution is 5.68. The van der Waals surface area contributed by atoms with Gasteiger partial charge in [0.25, 0.3) is 0 Å². The summed E-state index contributed by atoms with van der Waals surface area (Å²) < 4.78 is 4.94. The van der Waals surface area contributed by atoms with E-state index < -0.39 is 0 Å². The number of nitrogens with two attached hydrogens (primary N) is 1. The molecule has 3 N–H and O–H groups in total. The van der Waals surface area contributed by atoms with E-state index in [4.69, 9.17) is 10.5 Å². The number of nitrogens with one attached hydrogen (secondary N) is 1. The molecule has 0 saturated heterocycles. The van der Waals surface area contributed by atoms with Crippen molar-refractivity contribution in [3.05, 3.63) is 0 Å². The molecule has 1 amide bonds. The first-order valence-electron chi connectivity index (χ1n) is 4.56. The van der Waals surface area contributed by atoms with Gasteiger partial charge >= 0.3 is 6.09 Å². The van der Waals surface area contributed by atoms with E-state index in [-0.39, 0.29) is 17.7 Å². The van der Waals surface area contributed by atoms with Crippen molar-refractivity contribution < 1.29 is 9.53 Å². The topological polar surface area (TPSA) is 64.3 Å². The highest BCUT2D eigenvalue weighted by Crippen LogP contribution is 2.07. The predicted molar refractivity (Wildman–Crippen MR) is 52.5 cm³/mol. The lowest BCUT2D eigenvalue weighted by Gasteiger charge is -2.25. The minimum absolute atomic E-state index is 0.0892. The van der Waals surface area contributed by atoms with Crippen molar-refractivity contribution in [1.82, 2.24) is 5.32 Å². The van der Waals surface area contributed by atoms with Gasteiger partial charge in [-0.3, -0.25) is 0 Å². The Balaban J connectivity index is 3.89. The number of carbonyl (C=O) groups is 1. The molecule has 0 heterocycles. The average molecular weight is 188 g/mol. The summed E-state index contributed by atoms with van der Waals surface area (Å²) in [7, 11) is 0. The summed E-state index contributed by atoms with van der Waals surface area (Å²) in [6.45, 7) is 8.02. The number of hydrogen-bond donors (Lipinski definition) is 2. The third-order valence-corrected chi connectivity index (χ3v) is 1.55. The molecule has 0 bridgehead atoms. The molecule has 0 spiro atoms. The number of hydrogen-bond acceptors (Lipinski definition) is 3. The van der Waals surface area contributed by atoms with Gasteiger partial charge in [-0.05, 0) is 40.7 Å². The van der Waals surface area contributed by atoms with Gasteiger partial charge in [0.2, 0.25) is 0 Å². The minimum atomic E-state index is -0.381. The first-order chi connectivity index (χ1) is 5.87. The Morgan fingerprint density at radius 1 is 1.54 bits per heavy atom. The van der Waals surface area contributed by atoms with Crippen LogP contribution in [0.15, 0.2) is 0 Å². The van der Waals surface area contributed by atoms with Gasteiger partial charge in [0.15, 0.2) is 0 Å². The van der Waals surface area contributed by atoms with Crippen LogP contribution >= 0.6 is 0 Å². The molecule has 78 valence electrons. The molecule has 0 unspecified atom stereocenters. The van der Waals surface area contributed by atoms with Crippen LogP contribution in [0.25, 0.3) is 0 Å². The van der Waals surface area contributed by atoms with Crippen molar-refractivity contribution in [3.8, 4) is 0 Å². The van der Waals surface area contributed by atoms with Crippen LogP contribution in [0.1, 0.15) is 34.1 Å². The summed E-state index contributed by atoms with van der Waals surface area (Å²) in [6.07, 6.45) is 0.266. The van der Waals surface area contributed by atoms with Crippen LogP contribution in [0.5, 0.6) is 0 Å². The standard InChI is InChI=1S/C9H20N2O2/c1-7(2)13-8(12)11-9(3,4)5-6-10/h7H,5-6,10H2,1-4H3,(H,11,12). The van der Waals surface area contributed by atoms with Crippen LogP contribution < -0.4 is 11.1 Å². The maximum Gasteiger partial charge on any atom is 0.407 e. The van der Waals surface area contributed by atoms with Crippen LogP contribution in [-0.4, -0.2) is 24.3 Å². The predicted octanol–water partition coefficient (Wildman–Crippen LogP) is 1.25. The van der Waals surface area contributed by atoms with Gasteiger partial charge in [-0.2, -0.15) is 0 Å². The van der Waals surface area contributed by atoms with Crippen LogP contribution in [0.4, 0.5) is 4.79 Å². The molecule has 0 rings (SSSR count). The molecule has 4 nitrogen and oxygen atoms in total. The van der Waals surface area contributed by atoms with Crippen molar-refractivity contribution in [1.29, 1.82) is 0 Å². The summed E-state index contributed by atoms with van der Waals surface area (Å²) in [5.74, 6) is 0. The molecule has 0 radical (unpaired) electrons. The quantitative estimate of drug-likeness (QED) is 0.697. The molecule has 0 saturated carbocycles. The fourth-order valence-electron chi connectivity index (χ4n) is 0.943. The van der Waals surface area contributed by atoms with Crippen molar-refractivity contribution in [3.63, 3.8) is 0 Å². The monoisotopic (exact) mass is 188 g/mol. The third-order valence-electron chi connectivity index (χ3n) is 1.55. The molecule has 0 atom stereocenters. The summed E-state index contributed by atoms with van der Waals surface area (Å²) >= 11 is 0. The Hall–Kier alpha value is -0.770. The maximum atomic E-state index is 11.2. The third kappa shape index (κ3) is 6.40. The Labute approximate surface area is 79.8 Å². The fourth-order valence-corrected chi connectivity index (χ4v) is 0.943. The van der Waals surface area contributed by atoms with Gasteiger partial charge in [0, 0.05) is 5.54 Å². The number of carbonyl (C=O) groups excluding carboxylic acids is 1. The van der Waals surface area contributed by atoms with Gasteiger partial charge in [0.1, 0.15) is 0 Å². The highest BCUT2D eigenvalue weighted by Gasteiger charge is 2.20. The number of ether oxygens (including phenoxy) is 1. The second-order valence-electron chi connectivity index (χ2n) is 4.00. The Morgan fingerprint density at radius 2 is 2.08 bits per heavy atom. The van der Waals surface area contributed by atoms with Crippen LogP contribution in [0.2, 0.25) is 0 Å². The zero-order valence-corrected chi connectivity index (χ0v) is 8.89. The molecule has 0 aromatic rings. The second kappa shape index (κ2) is 5.07. The fraction of sp³-hybridized carbons (Fsp3) is 0.889. The molecule has 0 aliphatic carbocycles. The molecule has 0 fully saturated rings. The van der Waals surface area contributed by atoms with E-state index in [1.165, 1.54) is 0 Å². The summed E-state index contributed by atoms with van der Waals surface area (Å²) in [6, 6.07) is 0. The summed E-state index contributed by atoms with van der Waals surface area (Å²) in [4.78, 5) is 11.2. The van der Waals surface area contributed by atoms with Crippen molar-refractivity contribution in [2.24, 2.45) is 5.73 Å². The molecule has 0 aromatic carbocycles. The summed E-state index contributed by atoms with van der Waals surface area (Å²) in [5.41, 5.74) is 5.11. The lowest BCUT2D eigenvalue weighted by Crippen LogP contribution is -2.45. The Bertz CT molecular complexity index is 167. The molecule has 13 heavy (non-hydrogen) atoms. The van der Waals surface area contributed by atoms with Crippen LogP contribution in [0.3, 0.4) is 0 Å². The van der Waals surface area contributed by atoms with Crippen LogP contribution in [0, 0.1) is 0 Å². The minimum Gasteiger partial charge on any atom is -0.447 e. The Morgan fingerprint density at radius 3 is 2.46 bits per heavy atom. The zero-order valence-electron chi connectivity index (χ0n) is 8.89. The molecule has 0 aliphatic rings. The SMILES string of the molecule is CC(C)OC(=O)NC(C)(C)CCN. The van der Waals surface area contributed by atoms with Gasteiger partial charge in [-0.1, -0.05) is 0 Å². The van der Waals surface area contributed by atoms with Gasteiger partial charge in [0.05, 0.1) is 6.10 Å². The Kier molecular flexibility index (Phi) is 4.77. The normalized spacial score (nSPS) is 11.5. The number of amides is 1. The first-order valence-corrected chi connectivity index (χ1v) is 4.56. The van der Waals surface area contributed by atoms with E-state index in [2.05, 4.69) is 5.32 Å².